The number of nitrogens with zero attached hydrogens (tertiary/aromatic N) is 1. The Labute approximate surface area is 120 Å². The minimum atomic E-state index is -9.65. The molecule has 0 aliphatic heterocycles. The molecule has 0 saturated carbocycles. The molecular formula is C13H18F5NOS. The van der Waals surface area contributed by atoms with Crippen LogP contribution in [0, 0.1) is 0 Å². The van der Waals surface area contributed by atoms with E-state index in [0.717, 1.165) is 6.07 Å². The highest BCUT2D eigenvalue weighted by molar-refractivity contribution is 8.45. The van der Waals surface area contributed by atoms with Crippen molar-refractivity contribution in [2.75, 3.05) is 7.11 Å². The summed E-state index contributed by atoms with van der Waals surface area (Å²) in [5.74, 6) is 0. The summed E-state index contributed by atoms with van der Waals surface area (Å²) < 4.78 is 65.1. The molecule has 2 aromatic rings. The quantitative estimate of drug-likeness (QED) is 0.634. The lowest BCUT2D eigenvalue weighted by Gasteiger charge is -2.40. The molecule has 0 atom stereocenters. The van der Waals surface area contributed by atoms with Crippen molar-refractivity contribution < 1.29 is 24.3 Å². The van der Waals surface area contributed by atoms with E-state index in [1.54, 1.807) is 6.92 Å². The van der Waals surface area contributed by atoms with Gasteiger partial charge in [0.25, 0.3) is 0 Å². The van der Waals surface area contributed by atoms with Crippen molar-refractivity contribution in [3.05, 3.63) is 30.0 Å². The predicted octanol–water partition coefficient (Wildman–Crippen LogP) is 5.95. The highest BCUT2D eigenvalue weighted by Crippen LogP contribution is 3.02. The van der Waals surface area contributed by atoms with Gasteiger partial charge in [-0.15, -0.1) is 0 Å². The smallest absolute Gasteiger partial charge is 0.310 e. The number of rotatable bonds is 3. The zero-order chi connectivity index (χ0) is 16.5. The van der Waals surface area contributed by atoms with Crippen LogP contribution < -0.4 is 4.84 Å². The van der Waals surface area contributed by atoms with Gasteiger partial charge in [-0.3, -0.25) is 0 Å². The fraction of sp³-hybridized carbons (Fsp3) is 0.385. The Morgan fingerprint density at radius 3 is 2.10 bits per heavy atom. The third kappa shape index (κ3) is 3.61. The van der Waals surface area contributed by atoms with E-state index in [2.05, 4.69) is 0 Å². The molecule has 0 bridgehead atoms. The second-order valence-corrected chi connectivity index (χ2v) is 6.57. The van der Waals surface area contributed by atoms with Crippen LogP contribution in [0.2, 0.25) is 0 Å². The molecule has 0 amide bonds. The minimum Gasteiger partial charge on any atom is -0.417 e. The van der Waals surface area contributed by atoms with Gasteiger partial charge < -0.3 is 4.84 Å². The second-order valence-electron chi connectivity index (χ2n) is 4.16. The summed E-state index contributed by atoms with van der Waals surface area (Å²) in [4.78, 5) is 3.06. The number of hydrogen-bond donors (Lipinski definition) is 0. The first-order valence-corrected chi connectivity index (χ1v) is 8.34. The second kappa shape index (κ2) is 4.79. The highest BCUT2D eigenvalue weighted by atomic mass is 32.5. The number of aryl methyl sites for hydroxylation is 1. The summed E-state index contributed by atoms with van der Waals surface area (Å²) in [6.07, 6.45) is 1.90. The summed E-state index contributed by atoms with van der Waals surface area (Å²) in [7, 11) is -8.30. The van der Waals surface area contributed by atoms with E-state index in [0.29, 0.717) is 29.6 Å². The lowest BCUT2D eigenvalue weighted by molar-refractivity contribution is 0.179. The first-order valence-electron chi connectivity index (χ1n) is 6.39. The summed E-state index contributed by atoms with van der Waals surface area (Å²) >= 11 is 0. The van der Waals surface area contributed by atoms with Gasteiger partial charge in [0.05, 0.1) is 5.52 Å². The molecule has 0 aliphatic carbocycles. The van der Waals surface area contributed by atoms with Crippen LogP contribution in [-0.4, -0.2) is 11.8 Å². The fourth-order valence-corrected chi connectivity index (χ4v) is 2.58. The number of aromatic nitrogens is 1. The van der Waals surface area contributed by atoms with Crippen LogP contribution in [0.5, 0.6) is 0 Å². The summed E-state index contributed by atoms with van der Waals surface area (Å²) in [5.41, 5.74) is 0.838. The Kier molecular flexibility index (Phi) is 4.02. The van der Waals surface area contributed by atoms with E-state index in [1.165, 1.54) is 18.0 Å². The molecule has 122 valence electrons. The lowest BCUT2D eigenvalue weighted by Crippen LogP contribution is -2.06. The number of benzene rings is 1. The topological polar surface area (TPSA) is 14.2 Å². The van der Waals surface area contributed by atoms with Crippen LogP contribution in [0.3, 0.4) is 0 Å². The van der Waals surface area contributed by atoms with Crippen molar-refractivity contribution >= 4 is 21.1 Å². The van der Waals surface area contributed by atoms with Crippen molar-refractivity contribution in [2.45, 2.75) is 32.1 Å². The Hall–Kier alpha value is -1.44. The molecule has 0 fully saturated rings. The molecular weight excluding hydrogens is 313 g/mol. The summed E-state index contributed by atoms with van der Waals surface area (Å²) in [6, 6.07) is 1.87. The minimum absolute atomic E-state index is 0.120. The monoisotopic (exact) mass is 331 g/mol. The molecule has 0 unspecified atom stereocenters. The van der Waals surface area contributed by atoms with Gasteiger partial charge in [-0.2, -0.15) is 4.73 Å². The van der Waals surface area contributed by atoms with E-state index in [4.69, 9.17) is 4.84 Å². The van der Waals surface area contributed by atoms with Crippen LogP contribution in [-0.2, 0) is 6.42 Å². The molecule has 0 saturated heterocycles. The van der Waals surface area contributed by atoms with Crippen LogP contribution in [0.15, 0.2) is 29.3 Å². The van der Waals surface area contributed by atoms with E-state index in [9.17, 15) is 19.4 Å². The van der Waals surface area contributed by atoms with E-state index < -0.39 is 15.1 Å². The van der Waals surface area contributed by atoms with Crippen molar-refractivity contribution in [1.29, 1.82) is 0 Å². The normalized spacial score (nSPS) is 14.9. The molecule has 0 aliphatic rings. The zero-order valence-electron chi connectivity index (χ0n) is 12.2. The highest BCUT2D eigenvalue weighted by Gasteiger charge is 2.65. The Bertz CT molecular complexity index is 648. The molecule has 21 heavy (non-hydrogen) atoms. The molecule has 0 spiro atoms. The van der Waals surface area contributed by atoms with Crippen molar-refractivity contribution in [3.8, 4) is 0 Å². The number of fused-ring (bicyclic) bond motifs is 1. The first kappa shape index (κ1) is 17.6. The van der Waals surface area contributed by atoms with Crippen LogP contribution in [0.4, 0.5) is 19.4 Å². The van der Waals surface area contributed by atoms with E-state index in [-0.39, 0.29) is 5.39 Å². The van der Waals surface area contributed by atoms with E-state index >= 15 is 0 Å². The molecule has 1 heterocycles. The molecule has 2 rings (SSSR count). The SMILES string of the molecule is CC.CCc1cn(OC)c2ccc(S(F)(F)(F)(F)F)cc12. The largest absolute Gasteiger partial charge is 0.417 e. The third-order valence-electron chi connectivity index (χ3n) is 2.85. The van der Waals surface area contributed by atoms with Crippen LogP contribution >= 0.6 is 10.2 Å². The zero-order valence-corrected chi connectivity index (χ0v) is 13.0. The Balaban J connectivity index is 0.00000106. The van der Waals surface area contributed by atoms with Crippen molar-refractivity contribution in [1.82, 2.24) is 4.73 Å². The maximum Gasteiger partial charge on any atom is 0.310 e. The van der Waals surface area contributed by atoms with Gasteiger partial charge in [0.1, 0.15) is 12.0 Å². The third-order valence-corrected chi connectivity index (χ3v) is 3.99. The first-order chi connectivity index (χ1) is 9.46. The van der Waals surface area contributed by atoms with Gasteiger partial charge in [-0.1, -0.05) is 40.2 Å². The predicted molar refractivity (Wildman–Crippen MR) is 76.6 cm³/mol. The van der Waals surface area contributed by atoms with Crippen molar-refractivity contribution in [2.24, 2.45) is 0 Å². The molecule has 0 radical (unpaired) electrons. The summed E-state index contributed by atoms with van der Waals surface area (Å²) in [5, 5.41) is 0.120. The fourth-order valence-electron chi connectivity index (χ4n) is 1.92. The average Bonchev–Trinajstić information content (AvgIpc) is 2.75. The summed E-state index contributed by atoms with van der Waals surface area (Å²) in [6.45, 7) is 5.72. The molecule has 1 aromatic carbocycles. The van der Waals surface area contributed by atoms with Gasteiger partial charge in [-0.05, 0) is 30.2 Å². The van der Waals surface area contributed by atoms with Crippen LogP contribution in [0.25, 0.3) is 10.9 Å². The average molecular weight is 331 g/mol. The van der Waals surface area contributed by atoms with Gasteiger partial charge in [0, 0.05) is 11.6 Å². The van der Waals surface area contributed by atoms with Crippen molar-refractivity contribution in [3.63, 3.8) is 0 Å². The maximum atomic E-state index is 12.8. The molecule has 2 nitrogen and oxygen atoms in total. The number of hydrogen-bond acceptors (Lipinski definition) is 1. The van der Waals surface area contributed by atoms with Gasteiger partial charge in [0.15, 0.2) is 0 Å². The van der Waals surface area contributed by atoms with Crippen LogP contribution in [0.1, 0.15) is 26.3 Å². The standard InChI is InChI=1S/C11H12F5NOS.C2H6/c1-3-8-7-17(18-2)11-5-4-9(6-10(8)11)19(12,13,14,15)16;1-2/h4-7H,3H2,1-2H3;1-2H3. The van der Waals surface area contributed by atoms with Gasteiger partial charge in [0.2, 0.25) is 0 Å². The maximum absolute atomic E-state index is 12.8. The lowest BCUT2D eigenvalue weighted by atomic mass is 10.1. The Morgan fingerprint density at radius 2 is 1.67 bits per heavy atom. The van der Waals surface area contributed by atoms with E-state index in [1.807, 2.05) is 13.8 Å². The molecule has 8 heteroatoms. The van der Waals surface area contributed by atoms with Gasteiger partial charge in [-0.25, -0.2) is 0 Å². The Morgan fingerprint density at radius 1 is 1.10 bits per heavy atom. The van der Waals surface area contributed by atoms with Gasteiger partial charge >= 0.3 is 10.2 Å². The number of halogens is 5. The molecule has 1 aromatic heterocycles. The molecule has 0 N–H and O–H groups in total.